The van der Waals surface area contributed by atoms with E-state index in [0.717, 1.165) is 12.8 Å². The van der Waals surface area contributed by atoms with E-state index in [-0.39, 0.29) is 6.61 Å². The topological polar surface area (TPSA) is 66.8 Å². The van der Waals surface area contributed by atoms with Crippen molar-refractivity contribution in [3.63, 3.8) is 0 Å². The second-order valence-electron chi connectivity index (χ2n) is 6.63. The molecule has 0 saturated heterocycles. The molecule has 0 amide bonds. The molecule has 1 atom stereocenters. The lowest BCUT2D eigenvalue weighted by Gasteiger charge is -2.23. The fourth-order valence-corrected chi connectivity index (χ4v) is 3.12. The molecule has 1 unspecified atom stereocenters. The summed E-state index contributed by atoms with van der Waals surface area (Å²) < 4.78 is 34.1. The summed E-state index contributed by atoms with van der Waals surface area (Å²) in [4.78, 5) is 2.10. The molecule has 0 aromatic heterocycles. The summed E-state index contributed by atoms with van der Waals surface area (Å²) in [6, 6.07) is 0.297. The second-order valence-corrected chi connectivity index (χ2v) is 7.72. The van der Waals surface area contributed by atoms with Crippen LogP contribution in [0.15, 0.2) is 0 Å². The van der Waals surface area contributed by atoms with Gasteiger partial charge in [0, 0.05) is 6.04 Å². The Bertz CT molecular complexity index is 358. The molecule has 0 radical (unpaired) electrons. The lowest BCUT2D eigenvalue weighted by atomic mass is 10.0. The third kappa shape index (κ3) is 16.5. The predicted molar refractivity (Wildman–Crippen MR) is 96.1 cm³/mol. The van der Waals surface area contributed by atoms with Crippen LogP contribution in [0, 0.1) is 0 Å². The summed E-state index contributed by atoms with van der Waals surface area (Å²) >= 11 is 0. The Morgan fingerprint density at radius 1 is 0.870 bits per heavy atom. The van der Waals surface area contributed by atoms with Crippen LogP contribution in [-0.2, 0) is 14.6 Å². The van der Waals surface area contributed by atoms with E-state index in [9.17, 15) is 8.42 Å². The van der Waals surface area contributed by atoms with Crippen molar-refractivity contribution in [3.8, 4) is 0 Å². The lowest BCUT2D eigenvalue weighted by molar-refractivity contribution is 0.199. The van der Waals surface area contributed by atoms with E-state index in [2.05, 4.69) is 16.0 Å². The molecule has 140 valence electrons. The van der Waals surface area contributed by atoms with Crippen molar-refractivity contribution in [2.24, 2.45) is 0 Å². The minimum atomic E-state index is -4.31. The van der Waals surface area contributed by atoms with E-state index in [1.807, 2.05) is 14.1 Å². The normalized spacial score (nSPS) is 13.6. The van der Waals surface area contributed by atoms with Crippen molar-refractivity contribution in [2.45, 2.75) is 90.0 Å². The van der Waals surface area contributed by atoms with Crippen LogP contribution >= 0.6 is 0 Å². The zero-order valence-electron chi connectivity index (χ0n) is 15.3. The Morgan fingerprint density at radius 2 is 1.35 bits per heavy atom. The minimum absolute atomic E-state index is 0.0411. The first-order valence-electron chi connectivity index (χ1n) is 9.15. The van der Waals surface area contributed by atoms with Gasteiger partial charge >= 0.3 is 10.4 Å². The van der Waals surface area contributed by atoms with Gasteiger partial charge in [-0.2, -0.15) is 8.42 Å². The molecule has 0 aromatic rings. The van der Waals surface area contributed by atoms with E-state index >= 15 is 0 Å². The van der Waals surface area contributed by atoms with Gasteiger partial charge in [0.1, 0.15) is 0 Å². The molecule has 6 heteroatoms. The summed E-state index contributed by atoms with van der Waals surface area (Å²) in [5, 5.41) is 0. The van der Waals surface area contributed by atoms with Crippen molar-refractivity contribution in [3.05, 3.63) is 0 Å². The average molecular weight is 352 g/mol. The molecule has 0 saturated carbocycles. The maximum atomic E-state index is 10.5. The van der Waals surface area contributed by atoms with Gasteiger partial charge < -0.3 is 4.90 Å². The zero-order valence-corrected chi connectivity index (χ0v) is 16.1. The maximum absolute atomic E-state index is 10.5. The molecule has 23 heavy (non-hydrogen) atoms. The fraction of sp³-hybridized carbons (Fsp3) is 1.00. The van der Waals surface area contributed by atoms with Crippen molar-refractivity contribution in [1.82, 2.24) is 4.90 Å². The van der Waals surface area contributed by atoms with Gasteiger partial charge in [0.2, 0.25) is 0 Å². The van der Waals surface area contributed by atoms with Crippen LogP contribution in [-0.4, -0.2) is 44.6 Å². The molecule has 0 heterocycles. The maximum Gasteiger partial charge on any atom is 0.397 e. The second kappa shape index (κ2) is 14.2. The van der Waals surface area contributed by atoms with Gasteiger partial charge in [-0.15, -0.1) is 0 Å². The SMILES string of the molecule is CCCCCCCCCCCCC(CCOS(=O)(=O)O)N(C)C. The summed E-state index contributed by atoms with van der Waals surface area (Å²) in [6.07, 6.45) is 14.8. The monoisotopic (exact) mass is 351 g/mol. The van der Waals surface area contributed by atoms with Crippen LogP contribution < -0.4 is 0 Å². The average Bonchev–Trinajstić information content (AvgIpc) is 2.45. The Hall–Kier alpha value is -0.170. The van der Waals surface area contributed by atoms with Gasteiger partial charge in [0.15, 0.2) is 0 Å². The number of hydrogen-bond donors (Lipinski definition) is 1. The summed E-state index contributed by atoms with van der Waals surface area (Å²) in [7, 11) is -0.319. The van der Waals surface area contributed by atoms with E-state index in [4.69, 9.17) is 4.55 Å². The molecule has 0 fully saturated rings. The third-order valence-corrected chi connectivity index (χ3v) is 4.77. The molecule has 0 bridgehead atoms. The molecular weight excluding hydrogens is 314 g/mol. The highest BCUT2D eigenvalue weighted by Crippen LogP contribution is 2.15. The summed E-state index contributed by atoms with van der Waals surface area (Å²) in [5.41, 5.74) is 0. The summed E-state index contributed by atoms with van der Waals surface area (Å²) in [6.45, 7) is 2.29. The largest absolute Gasteiger partial charge is 0.397 e. The number of hydrogen-bond acceptors (Lipinski definition) is 4. The quantitative estimate of drug-likeness (QED) is 0.329. The predicted octanol–water partition coefficient (Wildman–Crippen LogP) is 4.44. The van der Waals surface area contributed by atoms with Crippen LogP contribution in [0.3, 0.4) is 0 Å². The Labute approximate surface area is 143 Å². The first-order valence-corrected chi connectivity index (χ1v) is 10.5. The van der Waals surface area contributed by atoms with Crippen molar-refractivity contribution < 1.29 is 17.2 Å². The van der Waals surface area contributed by atoms with Crippen LogP contribution in [0.5, 0.6) is 0 Å². The van der Waals surface area contributed by atoms with Crippen LogP contribution in [0.25, 0.3) is 0 Å². The van der Waals surface area contributed by atoms with E-state index in [1.54, 1.807) is 0 Å². The molecular formula is C17H37NO4S. The summed E-state index contributed by atoms with van der Waals surface area (Å²) in [5.74, 6) is 0. The highest BCUT2D eigenvalue weighted by Gasteiger charge is 2.13. The van der Waals surface area contributed by atoms with Crippen molar-refractivity contribution >= 4 is 10.4 Å². The smallest absolute Gasteiger partial charge is 0.306 e. The standard InChI is InChI=1S/C17H37NO4S/c1-4-5-6-7-8-9-10-11-12-13-14-17(18(2)3)15-16-22-23(19,20)21/h17H,4-16H2,1-3H3,(H,19,20,21). The number of unbranched alkanes of at least 4 members (excludes halogenated alkanes) is 9. The van der Waals surface area contributed by atoms with Gasteiger partial charge in [0.05, 0.1) is 6.61 Å². The zero-order chi connectivity index (χ0) is 17.6. The van der Waals surface area contributed by atoms with Crippen LogP contribution in [0.2, 0.25) is 0 Å². The van der Waals surface area contributed by atoms with Crippen molar-refractivity contribution in [1.29, 1.82) is 0 Å². The molecule has 0 aromatic carbocycles. The fourth-order valence-electron chi connectivity index (χ4n) is 2.82. The number of rotatable bonds is 16. The molecule has 0 aliphatic carbocycles. The minimum Gasteiger partial charge on any atom is -0.306 e. The Kier molecular flexibility index (Phi) is 14.1. The molecule has 0 aliphatic heterocycles. The van der Waals surface area contributed by atoms with E-state index in [0.29, 0.717) is 12.5 Å². The lowest BCUT2D eigenvalue weighted by Crippen LogP contribution is -2.29. The highest BCUT2D eigenvalue weighted by atomic mass is 32.3. The third-order valence-electron chi connectivity index (χ3n) is 4.30. The van der Waals surface area contributed by atoms with E-state index < -0.39 is 10.4 Å². The van der Waals surface area contributed by atoms with Crippen LogP contribution in [0.4, 0.5) is 0 Å². The van der Waals surface area contributed by atoms with Gasteiger partial charge in [-0.05, 0) is 26.9 Å². The molecule has 0 spiro atoms. The van der Waals surface area contributed by atoms with Gasteiger partial charge in [-0.1, -0.05) is 71.1 Å². The Morgan fingerprint density at radius 3 is 1.78 bits per heavy atom. The van der Waals surface area contributed by atoms with E-state index in [1.165, 1.54) is 57.8 Å². The van der Waals surface area contributed by atoms with Gasteiger partial charge in [-0.25, -0.2) is 4.18 Å². The first-order chi connectivity index (χ1) is 10.9. The number of nitrogens with zero attached hydrogens (tertiary/aromatic N) is 1. The first kappa shape index (κ1) is 22.8. The molecule has 0 rings (SSSR count). The molecule has 5 nitrogen and oxygen atoms in total. The molecule has 0 aliphatic rings. The van der Waals surface area contributed by atoms with Crippen LogP contribution in [0.1, 0.15) is 84.0 Å². The molecule has 1 N–H and O–H groups in total. The van der Waals surface area contributed by atoms with Gasteiger partial charge in [0.25, 0.3) is 0 Å². The van der Waals surface area contributed by atoms with Crippen molar-refractivity contribution in [2.75, 3.05) is 20.7 Å². The Balaban J connectivity index is 3.57. The highest BCUT2D eigenvalue weighted by molar-refractivity contribution is 7.80. The van der Waals surface area contributed by atoms with Gasteiger partial charge in [-0.3, -0.25) is 4.55 Å².